The van der Waals surface area contributed by atoms with Gasteiger partial charge in [0.2, 0.25) is 5.91 Å². The molecule has 30 heavy (non-hydrogen) atoms. The van der Waals surface area contributed by atoms with Gasteiger partial charge in [-0.05, 0) is 61.9 Å². The number of aryl methyl sites for hydroxylation is 2. The molecule has 2 heterocycles. The first-order chi connectivity index (χ1) is 14.4. The van der Waals surface area contributed by atoms with Crippen molar-refractivity contribution in [1.29, 1.82) is 0 Å². The highest BCUT2D eigenvalue weighted by atomic mass is 32.2. The van der Waals surface area contributed by atoms with Crippen LogP contribution >= 0.6 is 11.8 Å². The van der Waals surface area contributed by atoms with Crippen molar-refractivity contribution in [1.82, 2.24) is 14.5 Å². The summed E-state index contributed by atoms with van der Waals surface area (Å²) in [5.74, 6) is 0.934. The lowest BCUT2D eigenvalue weighted by atomic mass is 10.0. The molecule has 0 N–H and O–H groups in total. The van der Waals surface area contributed by atoms with Gasteiger partial charge in [-0.25, -0.2) is 4.98 Å². The van der Waals surface area contributed by atoms with Gasteiger partial charge in [-0.3, -0.25) is 14.2 Å². The molecule has 5 nitrogen and oxygen atoms in total. The van der Waals surface area contributed by atoms with Gasteiger partial charge in [-0.1, -0.05) is 43.0 Å². The van der Waals surface area contributed by atoms with Crippen LogP contribution in [0.4, 0.5) is 0 Å². The molecule has 1 aliphatic rings. The minimum atomic E-state index is -0.101. The second kappa shape index (κ2) is 8.64. The number of piperidine rings is 1. The monoisotopic (exact) mass is 421 g/mol. The minimum Gasteiger partial charge on any atom is -0.342 e. The Morgan fingerprint density at radius 3 is 2.80 bits per heavy atom. The highest BCUT2D eigenvalue weighted by Crippen LogP contribution is 2.25. The molecule has 1 fully saturated rings. The fourth-order valence-electron chi connectivity index (χ4n) is 4.02. The number of fused-ring (bicyclic) bond motifs is 1. The molecule has 0 bridgehead atoms. The Hall–Kier alpha value is -2.60. The van der Waals surface area contributed by atoms with Crippen molar-refractivity contribution in [2.24, 2.45) is 5.92 Å². The van der Waals surface area contributed by atoms with Gasteiger partial charge in [-0.2, -0.15) is 0 Å². The average molecular weight is 422 g/mol. The number of amides is 1. The van der Waals surface area contributed by atoms with Gasteiger partial charge in [0.05, 0.1) is 22.3 Å². The van der Waals surface area contributed by atoms with E-state index in [9.17, 15) is 9.59 Å². The van der Waals surface area contributed by atoms with Gasteiger partial charge < -0.3 is 4.90 Å². The molecule has 0 spiro atoms. The maximum atomic E-state index is 13.4. The Bertz CT molecular complexity index is 1150. The maximum absolute atomic E-state index is 13.4. The van der Waals surface area contributed by atoms with Crippen molar-refractivity contribution < 1.29 is 4.79 Å². The van der Waals surface area contributed by atoms with Gasteiger partial charge in [0.15, 0.2) is 5.16 Å². The van der Waals surface area contributed by atoms with E-state index in [2.05, 4.69) is 6.92 Å². The highest BCUT2D eigenvalue weighted by Gasteiger charge is 2.22. The molecule has 6 heteroatoms. The molecule has 1 aromatic heterocycles. The summed E-state index contributed by atoms with van der Waals surface area (Å²) in [5.41, 5.74) is 3.45. The number of carbonyl (C=O) groups excluding carboxylic acids is 1. The van der Waals surface area contributed by atoms with Gasteiger partial charge in [0.1, 0.15) is 0 Å². The first-order valence-electron chi connectivity index (χ1n) is 10.4. The molecule has 1 aliphatic heterocycles. The first kappa shape index (κ1) is 20.7. The van der Waals surface area contributed by atoms with Crippen LogP contribution in [-0.4, -0.2) is 39.2 Å². The van der Waals surface area contributed by atoms with E-state index in [1.165, 1.54) is 18.2 Å². The van der Waals surface area contributed by atoms with Crippen molar-refractivity contribution in [3.05, 3.63) is 63.9 Å². The van der Waals surface area contributed by atoms with Gasteiger partial charge >= 0.3 is 0 Å². The number of hydrogen-bond donors (Lipinski definition) is 0. The summed E-state index contributed by atoms with van der Waals surface area (Å²) in [6.45, 7) is 7.82. The molecule has 1 unspecified atom stereocenters. The van der Waals surface area contributed by atoms with E-state index in [1.54, 1.807) is 10.6 Å². The summed E-state index contributed by atoms with van der Waals surface area (Å²) in [4.78, 5) is 33.0. The van der Waals surface area contributed by atoms with Crippen molar-refractivity contribution in [3.8, 4) is 5.69 Å². The molecule has 1 amide bonds. The molecular weight excluding hydrogens is 394 g/mol. The smallest absolute Gasteiger partial charge is 0.266 e. The average Bonchev–Trinajstić information content (AvgIpc) is 2.74. The number of carbonyl (C=O) groups is 1. The second-order valence-electron chi connectivity index (χ2n) is 8.22. The number of rotatable bonds is 4. The molecule has 1 saturated heterocycles. The predicted octanol–water partition coefficient (Wildman–Crippen LogP) is 4.35. The third kappa shape index (κ3) is 4.15. The van der Waals surface area contributed by atoms with Gasteiger partial charge in [0, 0.05) is 13.1 Å². The molecule has 4 rings (SSSR count). The number of nitrogens with zero attached hydrogens (tertiary/aromatic N) is 3. The summed E-state index contributed by atoms with van der Waals surface area (Å²) >= 11 is 1.35. The lowest BCUT2D eigenvalue weighted by Gasteiger charge is -2.30. The normalized spacial score (nSPS) is 16.8. The SMILES string of the molecule is Cc1ccc(C)c(-n2c(SCC(=O)N3CCCC(C)C3)nc3ccccc3c2=O)c1. The second-order valence-corrected chi connectivity index (χ2v) is 9.16. The molecular formula is C24H27N3O2S. The number of benzene rings is 2. The third-order valence-corrected chi connectivity index (χ3v) is 6.61. The van der Waals surface area contributed by atoms with E-state index >= 15 is 0 Å². The lowest BCUT2D eigenvalue weighted by molar-refractivity contribution is -0.130. The van der Waals surface area contributed by atoms with Crippen LogP contribution in [0.5, 0.6) is 0 Å². The van der Waals surface area contributed by atoms with Crippen LogP contribution in [0, 0.1) is 19.8 Å². The third-order valence-electron chi connectivity index (χ3n) is 5.68. The fourth-order valence-corrected chi connectivity index (χ4v) is 4.92. The van der Waals surface area contributed by atoms with E-state index in [-0.39, 0.29) is 17.2 Å². The zero-order valence-electron chi connectivity index (χ0n) is 17.7. The van der Waals surface area contributed by atoms with Crippen LogP contribution < -0.4 is 5.56 Å². The van der Waals surface area contributed by atoms with Crippen LogP contribution in [0.15, 0.2) is 52.4 Å². The van der Waals surface area contributed by atoms with E-state index in [1.807, 2.05) is 55.1 Å². The summed E-state index contributed by atoms with van der Waals surface area (Å²) < 4.78 is 1.67. The van der Waals surface area contributed by atoms with E-state index in [0.29, 0.717) is 22.0 Å². The highest BCUT2D eigenvalue weighted by molar-refractivity contribution is 7.99. The van der Waals surface area contributed by atoms with Crippen LogP contribution in [0.3, 0.4) is 0 Å². The van der Waals surface area contributed by atoms with Gasteiger partial charge in [0.25, 0.3) is 5.56 Å². The van der Waals surface area contributed by atoms with Gasteiger partial charge in [-0.15, -0.1) is 0 Å². The predicted molar refractivity (Wildman–Crippen MR) is 123 cm³/mol. The Kier molecular flexibility index (Phi) is 5.95. The first-order valence-corrected chi connectivity index (χ1v) is 11.4. The summed E-state index contributed by atoms with van der Waals surface area (Å²) in [6, 6.07) is 13.4. The number of likely N-dealkylation sites (tertiary alicyclic amines) is 1. The Labute approximate surface area is 181 Å². The zero-order valence-corrected chi connectivity index (χ0v) is 18.5. The Morgan fingerprint density at radius 1 is 1.20 bits per heavy atom. The van der Waals surface area contributed by atoms with Crippen molar-refractivity contribution in [2.45, 2.75) is 38.8 Å². The largest absolute Gasteiger partial charge is 0.342 e. The Balaban J connectivity index is 1.74. The molecule has 0 aliphatic carbocycles. The number of aromatic nitrogens is 2. The van der Waals surface area contributed by atoms with Crippen LogP contribution in [0.1, 0.15) is 30.9 Å². The quantitative estimate of drug-likeness (QED) is 0.464. The standard InChI is InChI=1S/C24H27N3O2S/c1-16-10-11-18(3)21(13-16)27-23(29)19-8-4-5-9-20(19)25-24(27)30-15-22(28)26-12-6-7-17(2)14-26/h4-5,8-11,13,17H,6-7,12,14-15H2,1-3H3. The van der Waals surface area contributed by atoms with Crippen LogP contribution in [0.25, 0.3) is 16.6 Å². The molecule has 3 aromatic rings. The van der Waals surface area contributed by atoms with E-state index in [4.69, 9.17) is 4.98 Å². The summed E-state index contributed by atoms with van der Waals surface area (Å²) in [5, 5.41) is 1.14. The topological polar surface area (TPSA) is 55.2 Å². The van der Waals surface area contributed by atoms with Crippen molar-refractivity contribution >= 4 is 28.6 Å². The van der Waals surface area contributed by atoms with Crippen LogP contribution in [-0.2, 0) is 4.79 Å². The maximum Gasteiger partial charge on any atom is 0.266 e. The molecule has 2 aromatic carbocycles. The number of thioether (sulfide) groups is 1. The van der Waals surface area contributed by atoms with E-state index in [0.717, 1.165) is 36.3 Å². The van der Waals surface area contributed by atoms with Crippen molar-refractivity contribution in [3.63, 3.8) is 0 Å². The minimum absolute atomic E-state index is 0.101. The number of hydrogen-bond acceptors (Lipinski definition) is 4. The molecule has 0 radical (unpaired) electrons. The molecule has 1 atom stereocenters. The molecule has 156 valence electrons. The lowest BCUT2D eigenvalue weighted by Crippen LogP contribution is -2.40. The zero-order chi connectivity index (χ0) is 21.3. The fraction of sp³-hybridized carbons (Fsp3) is 0.375. The van der Waals surface area contributed by atoms with Crippen LogP contribution in [0.2, 0.25) is 0 Å². The molecule has 0 saturated carbocycles. The Morgan fingerprint density at radius 2 is 2.00 bits per heavy atom. The number of para-hydroxylation sites is 1. The van der Waals surface area contributed by atoms with E-state index < -0.39 is 0 Å². The summed E-state index contributed by atoms with van der Waals surface area (Å²) in [6.07, 6.45) is 2.23. The van der Waals surface area contributed by atoms with Crippen molar-refractivity contribution in [2.75, 3.05) is 18.8 Å². The summed E-state index contributed by atoms with van der Waals surface area (Å²) in [7, 11) is 0.